The van der Waals surface area contributed by atoms with Crippen LogP contribution < -0.4 is 14.4 Å². The Labute approximate surface area is 192 Å². The first-order valence-electron chi connectivity index (χ1n) is 11.4. The summed E-state index contributed by atoms with van der Waals surface area (Å²) in [5, 5.41) is 3.05. The number of amides is 1. The van der Waals surface area contributed by atoms with E-state index in [2.05, 4.69) is 23.5 Å². The van der Waals surface area contributed by atoms with Crippen LogP contribution in [-0.4, -0.2) is 33.7 Å². The van der Waals surface area contributed by atoms with E-state index in [-0.39, 0.29) is 24.9 Å². The summed E-state index contributed by atoms with van der Waals surface area (Å²) in [6.45, 7) is 4.68. The number of ether oxygens (including phenoxy) is 1. The van der Waals surface area contributed by atoms with Gasteiger partial charge < -0.3 is 10.1 Å². The largest absolute Gasteiger partial charge is 0.494 e. The molecule has 0 fully saturated rings. The maximum absolute atomic E-state index is 12.5. The summed E-state index contributed by atoms with van der Waals surface area (Å²) < 4.78 is 31.3. The van der Waals surface area contributed by atoms with Crippen molar-refractivity contribution in [2.75, 3.05) is 23.7 Å². The summed E-state index contributed by atoms with van der Waals surface area (Å²) in [5.74, 6) is 0.621. The summed E-state index contributed by atoms with van der Waals surface area (Å²) in [4.78, 5) is 12.5. The smallest absolute Gasteiger partial charge is 0.232 e. The zero-order valence-electron chi connectivity index (χ0n) is 19.3. The summed E-state index contributed by atoms with van der Waals surface area (Å²) in [6.07, 6.45) is 6.60. The number of hydrogen-bond donors (Lipinski definition) is 1. The molecule has 0 saturated carbocycles. The fraction of sp³-hybridized carbons (Fsp3) is 0.480. The van der Waals surface area contributed by atoms with Gasteiger partial charge in [-0.1, -0.05) is 18.2 Å². The third-order valence-corrected chi connectivity index (χ3v) is 7.05. The highest BCUT2D eigenvalue weighted by atomic mass is 32.2. The maximum Gasteiger partial charge on any atom is 0.232 e. The summed E-state index contributed by atoms with van der Waals surface area (Å²) >= 11 is 0. The molecule has 1 N–H and O–H groups in total. The molecule has 2 aromatic carbocycles. The number of carbonyl (C=O) groups is 1. The monoisotopic (exact) mass is 458 g/mol. The van der Waals surface area contributed by atoms with Crippen molar-refractivity contribution < 1.29 is 17.9 Å². The normalized spacial score (nSPS) is 14.3. The van der Waals surface area contributed by atoms with Gasteiger partial charge in [0.15, 0.2) is 0 Å². The van der Waals surface area contributed by atoms with E-state index in [4.69, 9.17) is 4.74 Å². The Morgan fingerprint density at radius 3 is 2.44 bits per heavy atom. The zero-order chi connectivity index (χ0) is 23.1. The van der Waals surface area contributed by atoms with Crippen LogP contribution in [0.25, 0.3) is 0 Å². The van der Waals surface area contributed by atoms with E-state index in [1.54, 1.807) is 24.3 Å². The van der Waals surface area contributed by atoms with Crippen molar-refractivity contribution >= 4 is 21.6 Å². The molecule has 174 valence electrons. The fourth-order valence-electron chi connectivity index (χ4n) is 4.16. The van der Waals surface area contributed by atoms with E-state index in [1.807, 2.05) is 13.8 Å². The van der Waals surface area contributed by atoms with E-state index < -0.39 is 10.0 Å². The van der Waals surface area contributed by atoms with Gasteiger partial charge in [-0.15, -0.1) is 0 Å². The van der Waals surface area contributed by atoms with Crippen molar-refractivity contribution in [2.24, 2.45) is 0 Å². The molecule has 0 heterocycles. The van der Waals surface area contributed by atoms with Crippen LogP contribution in [0.4, 0.5) is 5.69 Å². The van der Waals surface area contributed by atoms with Gasteiger partial charge in [-0.25, -0.2) is 8.42 Å². The Hall–Kier alpha value is -2.54. The van der Waals surface area contributed by atoms with Crippen molar-refractivity contribution in [2.45, 2.75) is 58.4 Å². The highest BCUT2D eigenvalue weighted by Gasteiger charge is 2.19. The minimum atomic E-state index is -3.46. The minimum Gasteiger partial charge on any atom is -0.494 e. The zero-order valence-corrected chi connectivity index (χ0v) is 20.1. The minimum absolute atomic E-state index is 0.0737. The molecule has 2 aromatic rings. The number of aryl methyl sites for hydroxylation is 2. The molecule has 1 aliphatic carbocycles. The van der Waals surface area contributed by atoms with E-state index in [0.717, 1.165) is 18.4 Å². The molecule has 0 bridgehead atoms. The van der Waals surface area contributed by atoms with Crippen LogP contribution >= 0.6 is 0 Å². The van der Waals surface area contributed by atoms with Crippen molar-refractivity contribution in [1.29, 1.82) is 0 Å². The third kappa shape index (κ3) is 6.48. The van der Waals surface area contributed by atoms with Crippen LogP contribution in [0.3, 0.4) is 0 Å². The standard InChI is InChI=1S/C25H34N2O4S/c1-4-31-24-15-13-23(14-16-24)27(32(3,29)30)17-7-10-25(28)26-19(2)21-12-11-20-8-5-6-9-22(20)18-21/h11-16,18-19H,4-10,17H2,1-3H3,(H,26,28)/t19-/m1/s1. The van der Waals surface area contributed by atoms with E-state index >= 15 is 0 Å². The quantitative estimate of drug-likeness (QED) is 0.573. The molecule has 7 heteroatoms. The molecule has 0 radical (unpaired) electrons. The summed E-state index contributed by atoms with van der Waals surface area (Å²) in [6, 6.07) is 13.4. The molecule has 0 unspecified atom stereocenters. The Morgan fingerprint density at radius 1 is 1.09 bits per heavy atom. The van der Waals surface area contributed by atoms with Gasteiger partial charge in [0.25, 0.3) is 0 Å². The number of hydrogen-bond acceptors (Lipinski definition) is 4. The second-order valence-corrected chi connectivity index (χ2v) is 10.3. The molecule has 1 atom stereocenters. The molecule has 32 heavy (non-hydrogen) atoms. The number of fused-ring (bicyclic) bond motifs is 1. The molecule has 0 spiro atoms. The fourth-order valence-corrected chi connectivity index (χ4v) is 5.13. The molecule has 3 rings (SSSR count). The Balaban J connectivity index is 1.54. The van der Waals surface area contributed by atoms with Gasteiger partial charge in [0.2, 0.25) is 15.9 Å². The van der Waals surface area contributed by atoms with Crippen LogP contribution in [-0.2, 0) is 27.7 Å². The Bertz CT molecular complexity index is 1020. The van der Waals surface area contributed by atoms with Crippen molar-refractivity contribution in [3.63, 3.8) is 0 Å². The molecule has 6 nitrogen and oxygen atoms in total. The first-order chi connectivity index (χ1) is 15.3. The average molecular weight is 459 g/mol. The van der Waals surface area contributed by atoms with E-state index in [9.17, 15) is 13.2 Å². The van der Waals surface area contributed by atoms with Crippen molar-refractivity contribution in [3.8, 4) is 5.75 Å². The lowest BCUT2D eigenvalue weighted by molar-refractivity contribution is -0.121. The number of rotatable bonds is 10. The molecular weight excluding hydrogens is 424 g/mol. The second-order valence-electron chi connectivity index (χ2n) is 8.39. The van der Waals surface area contributed by atoms with Gasteiger partial charge in [-0.05, 0) is 86.9 Å². The van der Waals surface area contributed by atoms with E-state index in [0.29, 0.717) is 24.5 Å². The van der Waals surface area contributed by atoms with Gasteiger partial charge in [0.05, 0.1) is 24.6 Å². The third-order valence-electron chi connectivity index (χ3n) is 5.85. The first kappa shape index (κ1) is 24.1. The summed E-state index contributed by atoms with van der Waals surface area (Å²) in [7, 11) is -3.46. The van der Waals surface area contributed by atoms with Gasteiger partial charge in [0, 0.05) is 13.0 Å². The average Bonchev–Trinajstić information content (AvgIpc) is 2.76. The van der Waals surface area contributed by atoms with Gasteiger partial charge >= 0.3 is 0 Å². The van der Waals surface area contributed by atoms with Crippen molar-refractivity contribution in [3.05, 3.63) is 59.2 Å². The molecule has 0 aliphatic heterocycles. The van der Waals surface area contributed by atoms with Crippen molar-refractivity contribution in [1.82, 2.24) is 5.32 Å². The number of sulfonamides is 1. The molecule has 1 aliphatic rings. The number of carbonyl (C=O) groups excluding carboxylic acids is 1. The lowest BCUT2D eigenvalue weighted by Crippen LogP contribution is -2.32. The van der Waals surface area contributed by atoms with Crippen LogP contribution in [0.5, 0.6) is 5.75 Å². The molecule has 0 saturated heterocycles. The number of nitrogens with one attached hydrogen (secondary N) is 1. The van der Waals surface area contributed by atoms with Crippen LogP contribution in [0.15, 0.2) is 42.5 Å². The molecule has 0 aromatic heterocycles. The number of nitrogens with zero attached hydrogens (tertiary/aromatic N) is 1. The topological polar surface area (TPSA) is 75.7 Å². The lowest BCUT2D eigenvalue weighted by Gasteiger charge is -2.23. The Kier molecular flexibility index (Phi) is 8.18. The van der Waals surface area contributed by atoms with Crippen LogP contribution in [0.1, 0.15) is 62.3 Å². The molecule has 1 amide bonds. The predicted octanol–water partition coefficient (Wildman–Crippen LogP) is 4.39. The van der Waals surface area contributed by atoms with Crippen LogP contribution in [0.2, 0.25) is 0 Å². The number of benzene rings is 2. The highest BCUT2D eigenvalue weighted by molar-refractivity contribution is 7.92. The summed E-state index contributed by atoms with van der Waals surface area (Å²) in [5.41, 5.74) is 4.51. The van der Waals surface area contributed by atoms with Gasteiger partial charge in [-0.2, -0.15) is 0 Å². The predicted molar refractivity (Wildman–Crippen MR) is 129 cm³/mol. The molecular formula is C25H34N2O4S. The van der Waals surface area contributed by atoms with Gasteiger partial charge in [0.1, 0.15) is 5.75 Å². The van der Waals surface area contributed by atoms with E-state index in [1.165, 1.54) is 34.5 Å². The highest BCUT2D eigenvalue weighted by Crippen LogP contribution is 2.25. The van der Waals surface area contributed by atoms with Gasteiger partial charge in [-0.3, -0.25) is 9.10 Å². The van der Waals surface area contributed by atoms with Crippen LogP contribution in [0, 0.1) is 0 Å². The second kappa shape index (κ2) is 10.9. The first-order valence-corrected chi connectivity index (χ1v) is 13.2. The number of anilines is 1. The maximum atomic E-state index is 12.5. The lowest BCUT2D eigenvalue weighted by atomic mass is 9.89. The Morgan fingerprint density at radius 2 is 1.78 bits per heavy atom. The SMILES string of the molecule is CCOc1ccc(N(CCCC(=O)N[C@H](C)c2ccc3c(c2)CCCC3)S(C)(=O)=O)cc1.